The van der Waals surface area contributed by atoms with Crippen molar-refractivity contribution < 1.29 is 19.1 Å². The number of carbonyl (C=O) groups excluding carboxylic acids is 2. The molecular weight excluding hydrogens is 330 g/mol. The maximum absolute atomic E-state index is 11.9. The van der Waals surface area contributed by atoms with Crippen LogP contribution in [0.3, 0.4) is 0 Å². The van der Waals surface area contributed by atoms with E-state index in [0.29, 0.717) is 35.2 Å². The van der Waals surface area contributed by atoms with Crippen molar-refractivity contribution in [3.8, 4) is 11.5 Å². The maximum atomic E-state index is 11.9. The van der Waals surface area contributed by atoms with Gasteiger partial charge in [0.1, 0.15) is 6.29 Å². The molecule has 0 radical (unpaired) electrons. The van der Waals surface area contributed by atoms with Crippen molar-refractivity contribution in [3.63, 3.8) is 0 Å². The summed E-state index contributed by atoms with van der Waals surface area (Å²) < 4.78 is 10.9. The molecule has 126 valence electrons. The lowest BCUT2D eigenvalue weighted by Crippen LogP contribution is -2.28. The Bertz CT molecular complexity index is 718. The van der Waals surface area contributed by atoms with Crippen molar-refractivity contribution in [2.75, 3.05) is 13.2 Å². The van der Waals surface area contributed by atoms with Crippen LogP contribution in [-0.4, -0.2) is 25.4 Å². The molecule has 0 spiro atoms. The Morgan fingerprint density at radius 3 is 2.67 bits per heavy atom. The van der Waals surface area contributed by atoms with E-state index in [1.54, 1.807) is 24.3 Å². The van der Waals surface area contributed by atoms with Crippen molar-refractivity contribution >= 4 is 23.8 Å². The normalized spacial score (nSPS) is 10.1. The third-order valence-corrected chi connectivity index (χ3v) is 3.57. The van der Waals surface area contributed by atoms with E-state index in [9.17, 15) is 9.59 Å². The number of carbonyl (C=O) groups is 2. The van der Waals surface area contributed by atoms with Gasteiger partial charge in [-0.15, -0.1) is 0 Å². The zero-order valence-electron chi connectivity index (χ0n) is 13.3. The number of aldehydes is 1. The minimum Gasteiger partial charge on any atom is -0.490 e. The molecule has 2 aromatic carbocycles. The lowest BCUT2D eigenvalue weighted by Gasteiger charge is -2.12. The highest BCUT2D eigenvalue weighted by Crippen LogP contribution is 2.28. The molecule has 0 aliphatic heterocycles. The molecule has 24 heavy (non-hydrogen) atoms. The Kier molecular flexibility index (Phi) is 6.63. The van der Waals surface area contributed by atoms with Crippen LogP contribution in [0.2, 0.25) is 5.02 Å². The van der Waals surface area contributed by atoms with E-state index in [2.05, 4.69) is 5.32 Å². The van der Waals surface area contributed by atoms with Crippen molar-refractivity contribution in [3.05, 3.63) is 58.6 Å². The van der Waals surface area contributed by atoms with E-state index in [4.69, 9.17) is 21.1 Å². The fourth-order valence-electron chi connectivity index (χ4n) is 2.02. The molecule has 0 aliphatic carbocycles. The van der Waals surface area contributed by atoms with E-state index in [1.165, 1.54) is 0 Å². The molecule has 5 nitrogen and oxygen atoms in total. The zero-order valence-corrected chi connectivity index (χ0v) is 14.0. The monoisotopic (exact) mass is 347 g/mol. The first-order chi connectivity index (χ1) is 11.6. The molecule has 0 saturated heterocycles. The number of rotatable bonds is 8. The van der Waals surface area contributed by atoms with Crippen LogP contribution in [0.5, 0.6) is 11.5 Å². The van der Waals surface area contributed by atoms with Gasteiger partial charge in [0.25, 0.3) is 5.91 Å². The van der Waals surface area contributed by atoms with Gasteiger partial charge >= 0.3 is 0 Å². The van der Waals surface area contributed by atoms with Crippen LogP contribution in [-0.2, 0) is 11.3 Å². The van der Waals surface area contributed by atoms with E-state index >= 15 is 0 Å². The summed E-state index contributed by atoms with van der Waals surface area (Å²) in [5, 5.41) is 3.34. The highest BCUT2D eigenvalue weighted by molar-refractivity contribution is 6.31. The first-order valence-corrected chi connectivity index (χ1v) is 7.86. The van der Waals surface area contributed by atoms with Gasteiger partial charge in [-0.25, -0.2) is 0 Å². The summed E-state index contributed by atoms with van der Waals surface area (Å²) in [6.07, 6.45) is 0.725. The topological polar surface area (TPSA) is 64.6 Å². The van der Waals surface area contributed by atoms with Gasteiger partial charge in [-0.1, -0.05) is 29.8 Å². The number of nitrogens with one attached hydrogen (secondary N) is 1. The smallest absolute Gasteiger partial charge is 0.258 e. The molecule has 0 fully saturated rings. The average Bonchev–Trinajstić information content (AvgIpc) is 2.60. The van der Waals surface area contributed by atoms with Gasteiger partial charge in [-0.05, 0) is 36.8 Å². The minimum absolute atomic E-state index is 0.162. The van der Waals surface area contributed by atoms with Gasteiger partial charge in [0.15, 0.2) is 18.1 Å². The molecule has 0 saturated carbocycles. The average molecular weight is 348 g/mol. The molecular formula is C18H18ClNO4. The second-order valence-corrected chi connectivity index (χ2v) is 5.32. The van der Waals surface area contributed by atoms with E-state index in [1.807, 2.05) is 25.1 Å². The van der Waals surface area contributed by atoms with Gasteiger partial charge in [0, 0.05) is 17.1 Å². The Morgan fingerprint density at radius 2 is 1.96 bits per heavy atom. The van der Waals surface area contributed by atoms with Gasteiger partial charge in [0.2, 0.25) is 0 Å². The molecule has 0 unspecified atom stereocenters. The molecule has 2 rings (SSSR count). The Morgan fingerprint density at radius 1 is 1.17 bits per heavy atom. The van der Waals surface area contributed by atoms with Gasteiger partial charge in [0.05, 0.1) is 6.61 Å². The second-order valence-electron chi connectivity index (χ2n) is 4.91. The van der Waals surface area contributed by atoms with Crippen LogP contribution in [0, 0.1) is 0 Å². The van der Waals surface area contributed by atoms with Crippen molar-refractivity contribution in [1.29, 1.82) is 0 Å². The third-order valence-electron chi connectivity index (χ3n) is 3.20. The first kappa shape index (κ1) is 17.8. The van der Waals surface area contributed by atoms with Gasteiger partial charge < -0.3 is 14.8 Å². The van der Waals surface area contributed by atoms with E-state index in [-0.39, 0.29) is 12.5 Å². The summed E-state index contributed by atoms with van der Waals surface area (Å²) >= 11 is 6.04. The lowest BCUT2D eigenvalue weighted by atomic mass is 10.2. The van der Waals surface area contributed by atoms with E-state index < -0.39 is 0 Å². The number of halogens is 1. The molecule has 1 N–H and O–H groups in total. The highest BCUT2D eigenvalue weighted by Gasteiger charge is 2.09. The predicted octanol–water partition coefficient (Wildman–Crippen LogP) is 3.25. The quantitative estimate of drug-likeness (QED) is 0.744. The van der Waals surface area contributed by atoms with Crippen LogP contribution in [0.1, 0.15) is 22.8 Å². The Hall–Kier alpha value is -2.53. The third kappa shape index (κ3) is 4.99. The van der Waals surface area contributed by atoms with Gasteiger partial charge in [-0.3, -0.25) is 9.59 Å². The lowest BCUT2D eigenvalue weighted by molar-refractivity contribution is -0.123. The summed E-state index contributed by atoms with van der Waals surface area (Å²) in [5.74, 6) is 0.563. The summed E-state index contributed by atoms with van der Waals surface area (Å²) in [4.78, 5) is 22.7. The fourth-order valence-corrected chi connectivity index (χ4v) is 2.22. The maximum Gasteiger partial charge on any atom is 0.258 e. The SMILES string of the molecule is CCOc1cc(C=O)ccc1OCC(=O)NCc1ccccc1Cl. The van der Waals surface area contributed by atoms with Crippen LogP contribution in [0.15, 0.2) is 42.5 Å². The summed E-state index contributed by atoms with van der Waals surface area (Å²) in [7, 11) is 0. The van der Waals surface area contributed by atoms with Crippen LogP contribution < -0.4 is 14.8 Å². The van der Waals surface area contributed by atoms with Crippen molar-refractivity contribution in [1.82, 2.24) is 5.32 Å². The van der Waals surface area contributed by atoms with Crippen molar-refractivity contribution in [2.45, 2.75) is 13.5 Å². The fraction of sp³-hybridized carbons (Fsp3) is 0.222. The Labute approximate surface area is 145 Å². The molecule has 0 atom stereocenters. The van der Waals surface area contributed by atoms with Crippen molar-refractivity contribution in [2.24, 2.45) is 0 Å². The summed E-state index contributed by atoms with van der Waals surface area (Å²) in [6.45, 7) is 2.42. The first-order valence-electron chi connectivity index (χ1n) is 7.49. The summed E-state index contributed by atoms with van der Waals surface area (Å²) in [6, 6.07) is 12.1. The number of benzene rings is 2. The molecule has 0 aromatic heterocycles. The minimum atomic E-state index is -0.281. The van der Waals surface area contributed by atoms with Crippen LogP contribution in [0.4, 0.5) is 0 Å². The Balaban J connectivity index is 1.91. The van der Waals surface area contributed by atoms with E-state index in [0.717, 1.165) is 11.8 Å². The number of hydrogen-bond donors (Lipinski definition) is 1. The molecule has 1 amide bonds. The largest absolute Gasteiger partial charge is 0.490 e. The second kappa shape index (κ2) is 8.93. The number of ether oxygens (including phenoxy) is 2. The predicted molar refractivity (Wildman–Crippen MR) is 91.8 cm³/mol. The highest BCUT2D eigenvalue weighted by atomic mass is 35.5. The molecule has 0 heterocycles. The molecule has 6 heteroatoms. The van der Waals surface area contributed by atoms with Crippen LogP contribution >= 0.6 is 11.6 Å². The molecule has 0 bridgehead atoms. The van der Waals surface area contributed by atoms with Crippen LogP contribution in [0.25, 0.3) is 0 Å². The molecule has 0 aliphatic rings. The standard InChI is InChI=1S/C18H18ClNO4/c1-2-23-17-9-13(11-21)7-8-16(17)24-12-18(22)20-10-14-5-3-4-6-15(14)19/h3-9,11H,2,10,12H2,1H3,(H,20,22). The molecule has 2 aromatic rings. The number of amides is 1. The van der Waals surface area contributed by atoms with Gasteiger partial charge in [-0.2, -0.15) is 0 Å². The number of hydrogen-bond acceptors (Lipinski definition) is 4. The zero-order chi connectivity index (χ0) is 17.4. The summed E-state index contributed by atoms with van der Waals surface area (Å²) in [5.41, 5.74) is 1.31.